The van der Waals surface area contributed by atoms with E-state index in [2.05, 4.69) is 10.3 Å². The number of pyridine rings is 1. The molecule has 0 fully saturated rings. The van der Waals surface area contributed by atoms with Crippen LogP contribution in [0.5, 0.6) is 0 Å². The molecule has 0 radical (unpaired) electrons. The number of amides is 1. The third-order valence-corrected chi connectivity index (χ3v) is 4.14. The molecule has 1 amide bonds. The minimum absolute atomic E-state index is 0. The van der Waals surface area contributed by atoms with Gasteiger partial charge in [0.25, 0.3) is 0 Å². The van der Waals surface area contributed by atoms with E-state index in [-0.39, 0.29) is 30.8 Å². The van der Waals surface area contributed by atoms with Gasteiger partial charge in [0.15, 0.2) is 0 Å². The number of nitrogens with zero attached hydrogens (tertiary/aromatic N) is 1. The van der Waals surface area contributed by atoms with E-state index in [1.165, 1.54) is 11.3 Å². The van der Waals surface area contributed by atoms with Crippen molar-refractivity contribution in [1.29, 1.82) is 0 Å². The molecular formula is C14H16Cl2N2O3S. The highest BCUT2D eigenvalue weighted by molar-refractivity contribution is 7.21. The molecule has 0 unspecified atom stereocenters. The molecule has 1 N–H and O–H groups in total. The number of ether oxygens (including phenoxy) is 1. The average Bonchev–Trinajstić information content (AvgIpc) is 2.77. The second-order valence-electron chi connectivity index (χ2n) is 4.47. The first-order valence-electron chi connectivity index (χ1n) is 6.41. The Balaban J connectivity index is 0.00000242. The monoisotopic (exact) mass is 362 g/mol. The lowest BCUT2D eigenvalue weighted by Gasteiger charge is -2.07. The van der Waals surface area contributed by atoms with E-state index in [4.69, 9.17) is 16.3 Å². The lowest BCUT2D eigenvalue weighted by molar-refractivity contribution is -0.113. The fourth-order valence-corrected chi connectivity index (χ4v) is 3.29. The van der Waals surface area contributed by atoms with Gasteiger partial charge in [-0.15, -0.1) is 35.3 Å². The molecule has 0 bridgehead atoms. The third-order valence-electron chi connectivity index (χ3n) is 2.83. The van der Waals surface area contributed by atoms with E-state index < -0.39 is 5.97 Å². The van der Waals surface area contributed by atoms with Crippen LogP contribution in [0.2, 0.25) is 0 Å². The van der Waals surface area contributed by atoms with Crippen LogP contribution in [0.25, 0.3) is 10.2 Å². The lowest BCUT2D eigenvalue weighted by atomic mass is 10.1. The Morgan fingerprint density at radius 1 is 1.41 bits per heavy atom. The third kappa shape index (κ3) is 3.69. The second kappa shape index (κ2) is 7.76. The van der Waals surface area contributed by atoms with Gasteiger partial charge in [0.05, 0.1) is 12.3 Å². The van der Waals surface area contributed by atoms with Gasteiger partial charge in [-0.2, -0.15) is 0 Å². The molecule has 0 aliphatic heterocycles. The number of carbonyl (C=O) groups excluding carboxylic acids is 2. The van der Waals surface area contributed by atoms with Crippen LogP contribution in [0, 0.1) is 13.8 Å². The molecule has 2 heterocycles. The van der Waals surface area contributed by atoms with E-state index >= 15 is 0 Å². The predicted molar refractivity (Wildman–Crippen MR) is 91.6 cm³/mol. The van der Waals surface area contributed by atoms with Gasteiger partial charge in [0.1, 0.15) is 15.6 Å². The summed E-state index contributed by atoms with van der Waals surface area (Å²) in [5.41, 5.74) is 2.23. The molecule has 0 spiro atoms. The number of carbonyl (C=O) groups is 2. The van der Waals surface area contributed by atoms with Crippen LogP contribution < -0.4 is 5.32 Å². The van der Waals surface area contributed by atoms with Crippen molar-refractivity contribution < 1.29 is 14.3 Å². The van der Waals surface area contributed by atoms with Gasteiger partial charge in [-0.25, -0.2) is 9.78 Å². The maximum Gasteiger partial charge on any atom is 0.350 e. The highest BCUT2D eigenvalue weighted by atomic mass is 35.5. The summed E-state index contributed by atoms with van der Waals surface area (Å²) in [6.07, 6.45) is 0. The summed E-state index contributed by atoms with van der Waals surface area (Å²) in [5, 5.41) is 3.44. The minimum atomic E-state index is -0.470. The SMILES string of the molecule is CCOC(=O)c1sc2nc(C)cc(C)c2c1NC(=O)CCl.Cl. The van der Waals surface area contributed by atoms with Crippen LogP contribution in [0.4, 0.5) is 5.69 Å². The Hall–Kier alpha value is -1.37. The highest BCUT2D eigenvalue weighted by Crippen LogP contribution is 2.37. The topological polar surface area (TPSA) is 68.3 Å². The van der Waals surface area contributed by atoms with Crippen LogP contribution in [0.15, 0.2) is 6.07 Å². The molecule has 0 saturated carbocycles. The van der Waals surface area contributed by atoms with Crippen molar-refractivity contribution in [2.24, 2.45) is 0 Å². The van der Waals surface area contributed by atoms with Gasteiger partial charge >= 0.3 is 5.97 Å². The summed E-state index contributed by atoms with van der Waals surface area (Å²) in [7, 11) is 0. The number of nitrogens with one attached hydrogen (secondary N) is 1. The average molecular weight is 363 g/mol. The summed E-state index contributed by atoms with van der Waals surface area (Å²) in [6.45, 7) is 5.79. The number of anilines is 1. The van der Waals surface area contributed by atoms with Gasteiger partial charge in [0.2, 0.25) is 5.91 Å². The van der Waals surface area contributed by atoms with E-state index in [1.807, 2.05) is 19.9 Å². The molecule has 8 heteroatoms. The van der Waals surface area contributed by atoms with Gasteiger partial charge in [-0.3, -0.25) is 4.79 Å². The molecule has 22 heavy (non-hydrogen) atoms. The quantitative estimate of drug-likeness (QED) is 0.665. The van der Waals surface area contributed by atoms with Crippen molar-refractivity contribution in [3.05, 3.63) is 22.2 Å². The molecule has 2 aromatic rings. The van der Waals surface area contributed by atoms with Crippen LogP contribution in [-0.2, 0) is 9.53 Å². The van der Waals surface area contributed by atoms with Crippen LogP contribution in [0.1, 0.15) is 27.9 Å². The van der Waals surface area contributed by atoms with Crippen molar-refractivity contribution in [3.8, 4) is 0 Å². The zero-order chi connectivity index (χ0) is 15.6. The normalized spacial score (nSPS) is 10.2. The van der Waals surface area contributed by atoms with Crippen molar-refractivity contribution in [3.63, 3.8) is 0 Å². The number of rotatable bonds is 4. The maximum atomic E-state index is 12.1. The smallest absolute Gasteiger partial charge is 0.350 e. The Kier molecular flexibility index (Phi) is 6.59. The molecule has 0 aromatic carbocycles. The zero-order valence-electron chi connectivity index (χ0n) is 12.4. The fourth-order valence-electron chi connectivity index (χ4n) is 2.07. The van der Waals surface area contributed by atoms with E-state index in [0.717, 1.165) is 16.6 Å². The first kappa shape index (κ1) is 18.7. The number of aromatic nitrogens is 1. The minimum Gasteiger partial charge on any atom is -0.462 e. The summed E-state index contributed by atoms with van der Waals surface area (Å²) in [4.78, 5) is 29.2. The number of thiophene rings is 1. The second-order valence-corrected chi connectivity index (χ2v) is 5.74. The molecule has 2 rings (SSSR count). The predicted octanol–water partition coefficient (Wildman–Crippen LogP) is 3.69. The standard InChI is InChI=1S/C14H15ClN2O3S.ClH/c1-4-20-14(19)12-11(17-9(18)6-15)10-7(2)5-8(3)16-13(10)21-12;/h5H,4,6H2,1-3H3,(H,17,18);1H. The number of alkyl halides is 1. The van der Waals surface area contributed by atoms with E-state index in [9.17, 15) is 9.59 Å². The number of halogens is 2. The van der Waals surface area contributed by atoms with Crippen LogP contribution in [-0.4, -0.2) is 29.3 Å². The zero-order valence-corrected chi connectivity index (χ0v) is 14.7. The molecule has 2 aromatic heterocycles. The number of fused-ring (bicyclic) bond motifs is 1. The van der Waals surface area contributed by atoms with Gasteiger partial charge < -0.3 is 10.1 Å². The van der Waals surface area contributed by atoms with E-state index in [0.29, 0.717) is 15.4 Å². The molecule has 0 saturated heterocycles. The Labute approximate surface area is 143 Å². The van der Waals surface area contributed by atoms with Gasteiger partial charge in [0, 0.05) is 11.1 Å². The first-order chi connectivity index (χ1) is 9.97. The summed E-state index contributed by atoms with van der Waals surface area (Å²) >= 11 is 6.75. The maximum absolute atomic E-state index is 12.1. The van der Waals surface area contributed by atoms with Crippen molar-refractivity contribution in [1.82, 2.24) is 4.98 Å². The molecule has 0 aliphatic rings. The molecule has 0 aliphatic carbocycles. The number of aryl methyl sites for hydroxylation is 2. The largest absolute Gasteiger partial charge is 0.462 e. The summed E-state index contributed by atoms with van der Waals surface area (Å²) in [6, 6.07) is 1.90. The van der Waals surface area contributed by atoms with Crippen molar-refractivity contribution in [2.75, 3.05) is 17.8 Å². The molecular weight excluding hydrogens is 347 g/mol. The highest BCUT2D eigenvalue weighted by Gasteiger charge is 2.23. The van der Waals surface area contributed by atoms with Crippen LogP contribution in [0.3, 0.4) is 0 Å². The summed E-state index contributed by atoms with van der Waals surface area (Å²) < 4.78 is 5.04. The van der Waals surface area contributed by atoms with Crippen LogP contribution >= 0.6 is 35.3 Å². The van der Waals surface area contributed by atoms with Gasteiger partial charge in [-0.1, -0.05) is 0 Å². The molecule has 0 atom stereocenters. The Bertz CT molecular complexity index is 716. The Morgan fingerprint density at radius 2 is 2.09 bits per heavy atom. The summed E-state index contributed by atoms with van der Waals surface area (Å²) in [5.74, 6) is -1.03. The molecule has 120 valence electrons. The van der Waals surface area contributed by atoms with Crippen molar-refractivity contribution in [2.45, 2.75) is 20.8 Å². The number of hydrogen-bond donors (Lipinski definition) is 1. The first-order valence-corrected chi connectivity index (χ1v) is 7.76. The van der Waals surface area contributed by atoms with E-state index in [1.54, 1.807) is 6.92 Å². The number of hydrogen-bond acceptors (Lipinski definition) is 5. The lowest BCUT2D eigenvalue weighted by Crippen LogP contribution is -2.15. The number of esters is 1. The van der Waals surface area contributed by atoms with Crippen molar-refractivity contribution >= 4 is 63.1 Å². The Morgan fingerprint density at radius 3 is 2.68 bits per heavy atom. The van der Waals surface area contributed by atoms with Gasteiger partial charge in [-0.05, 0) is 32.4 Å². The fraction of sp³-hybridized carbons (Fsp3) is 0.357. The molecule has 5 nitrogen and oxygen atoms in total.